The Morgan fingerprint density at radius 2 is 1.79 bits per heavy atom. The van der Waals surface area contributed by atoms with Crippen molar-refractivity contribution in [3.05, 3.63) is 70.8 Å². The molecule has 2 rings (SSSR count). The van der Waals surface area contributed by atoms with Crippen LogP contribution in [0.2, 0.25) is 0 Å². The minimum Gasteiger partial charge on any atom is -0.351 e. The molecule has 0 aliphatic carbocycles. The van der Waals surface area contributed by atoms with E-state index in [-0.39, 0.29) is 0 Å². The summed E-state index contributed by atoms with van der Waals surface area (Å²) in [6.45, 7) is 4.68. The van der Waals surface area contributed by atoms with Crippen molar-refractivity contribution in [2.75, 3.05) is 7.05 Å². The molecule has 0 heterocycles. The minimum absolute atomic E-state index is 0.430. The number of hydrogen-bond donors (Lipinski definition) is 2. The zero-order valence-electron chi connectivity index (χ0n) is 14.2. The van der Waals surface area contributed by atoms with Gasteiger partial charge < -0.3 is 5.73 Å². The number of rotatable bonds is 5. The van der Waals surface area contributed by atoms with E-state index in [1.165, 1.54) is 11.1 Å². The number of urea groups is 1. The lowest BCUT2D eigenvalue weighted by Crippen LogP contribution is -2.43. The molecule has 0 saturated carbocycles. The van der Waals surface area contributed by atoms with E-state index in [0.717, 1.165) is 11.1 Å². The Hall–Kier alpha value is -2.66. The minimum atomic E-state index is -0.846. The number of hydrogen-bond acceptors (Lipinski definition) is 3. The highest BCUT2D eigenvalue weighted by molar-refractivity contribution is 5.96. The highest BCUT2D eigenvalue weighted by Crippen LogP contribution is 2.23. The van der Waals surface area contributed by atoms with Gasteiger partial charge in [-0.3, -0.25) is 15.0 Å². The first-order chi connectivity index (χ1) is 11.4. The predicted molar refractivity (Wildman–Crippen MR) is 94.3 cm³/mol. The molecule has 1 atom stereocenters. The van der Waals surface area contributed by atoms with Gasteiger partial charge in [-0.2, -0.15) is 0 Å². The molecule has 0 saturated heterocycles. The summed E-state index contributed by atoms with van der Waals surface area (Å²) in [5.74, 6) is -0.430. The van der Waals surface area contributed by atoms with E-state index in [1.54, 1.807) is 0 Å². The zero-order valence-corrected chi connectivity index (χ0v) is 14.2. The molecule has 0 unspecified atom stereocenters. The highest BCUT2D eigenvalue weighted by atomic mass is 16.2. The molecular formula is C19H23N3O2. The van der Waals surface area contributed by atoms with Crippen molar-refractivity contribution in [3.8, 4) is 0 Å². The standard InChI is InChI=1S/C19H23N3O2/c1-13-9-10-16(14(2)11-13)12-22(3)17(18(23)21-19(20)24)15-7-5-4-6-8-15/h4-11,17H,12H2,1-3H3,(H3,20,21,23,24)/t17-/m1/s1. The van der Waals surface area contributed by atoms with Gasteiger partial charge in [-0.15, -0.1) is 0 Å². The van der Waals surface area contributed by atoms with Crippen LogP contribution in [0.1, 0.15) is 28.3 Å². The SMILES string of the molecule is Cc1ccc(CN(C)[C@@H](C(=O)NC(N)=O)c2ccccc2)c(C)c1. The number of amides is 3. The van der Waals surface area contributed by atoms with Crippen molar-refractivity contribution >= 4 is 11.9 Å². The average Bonchev–Trinajstić information content (AvgIpc) is 2.50. The summed E-state index contributed by atoms with van der Waals surface area (Å²) >= 11 is 0. The van der Waals surface area contributed by atoms with Gasteiger partial charge in [-0.25, -0.2) is 4.79 Å². The van der Waals surface area contributed by atoms with Crippen LogP contribution in [0.15, 0.2) is 48.5 Å². The van der Waals surface area contributed by atoms with Crippen LogP contribution in [-0.4, -0.2) is 23.9 Å². The first-order valence-corrected chi connectivity index (χ1v) is 7.80. The number of nitrogens with two attached hydrogens (primary N) is 1. The maximum Gasteiger partial charge on any atom is 0.318 e. The van der Waals surface area contributed by atoms with Gasteiger partial charge in [-0.1, -0.05) is 54.1 Å². The van der Waals surface area contributed by atoms with E-state index in [0.29, 0.717) is 6.54 Å². The molecule has 0 bridgehead atoms. The molecule has 3 amide bonds. The zero-order chi connectivity index (χ0) is 17.7. The fourth-order valence-corrected chi connectivity index (χ4v) is 2.81. The summed E-state index contributed by atoms with van der Waals surface area (Å²) in [4.78, 5) is 25.5. The number of aryl methyl sites for hydroxylation is 2. The molecule has 2 aromatic rings. The summed E-state index contributed by atoms with van der Waals surface area (Å²) in [6.07, 6.45) is 0. The first kappa shape index (κ1) is 17.7. The van der Waals surface area contributed by atoms with E-state index >= 15 is 0 Å². The summed E-state index contributed by atoms with van der Waals surface area (Å²) in [5.41, 5.74) is 9.43. The fraction of sp³-hybridized carbons (Fsp3) is 0.263. The van der Waals surface area contributed by atoms with Crippen LogP contribution in [0.3, 0.4) is 0 Å². The Balaban J connectivity index is 2.28. The molecular weight excluding hydrogens is 302 g/mol. The number of likely N-dealkylation sites (N-methyl/N-ethyl adjacent to an activating group) is 1. The Bertz CT molecular complexity index is 729. The quantitative estimate of drug-likeness (QED) is 0.887. The normalized spacial score (nSPS) is 12.0. The Kier molecular flexibility index (Phi) is 5.71. The fourth-order valence-electron chi connectivity index (χ4n) is 2.81. The molecule has 0 aromatic heterocycles. The first-order valence-electron chi connectivity index (χ1n) is 7.80. The molecule has 126 valence electrons. The van der Waals surface area contributed by atoms with Gasteiger partial charge in [0.25, 0.3) is 0 Å². The maximum absolute atomic E-state index is 12.5. The Morgan fingerprint density at radius 1 is 1.12 bits per heavy atom. The van der Waals surface area contributed by atoms with Crippen LogP contribution in [0.25, 0.3) is 0 Å². The molecule has 5 nitrogen and oxygen atoms in total. The van der Waals surface area contributed by atoms with Gasteiger partial charge in [0.05, 0.1) is 0 Å². The topological polar surface area (TPSA) is 75.4 Å². The van der Waals surface area contributed by atoms with Gasteiger partial charge >= 0.3 is 6.03 Å². The third-order valence-corrected chi connectivity index (χ3v) is 3.97. The van der Waals surface area contributed by atoms with E-state index in [4.69, 9.17) is 5.73 Å². The second-order valence-electron chi connectivity index (χ2n) is 6.01. The summed E-state index contributed by atoms with van der Waals surface area (Å²) in [5, 5.41) is 2.19. The molecule has 0 spiro atoms. The number of nitrogens with zero attached hydrogens (tertiary/aromatic N) is 1. The second-order valence-corrected chi connectivity index (χ2v) is 6.01. The predicted octanol–water partition coefficient (Wildman–Crippen LogP) is 2.67. The van der Waals surface area contributed by atoms with Crippen LogP contribution in [0.4, 0.5) is 4.79 Å². The van der Waals surface area contributed by atoms with Crippen molar-refractivity contribution < 1.29 is 9.59 Å². The van der Waals surface area contributed by atoms with Crippen molar-refractivity contribution in [3.63, 3.8) is 0 Å². The Labute approximate surface area is 142 Å². The third kappa shape index (κ3) is 4.43. The summed E-state index contributed by atoms with van der Waals surface area (Å²) in [7, 11) is 1.86. The smallest absolute Gasteiger partial charge is 0.318 e. The largest absolute Gasteiger partial charge is 0.351 e. The third-order valence-electron chi connectivity index (χ3n) is 3.97. The van der Waals surface area contributed by atoms with E-state index in [9.17, 15) is 9.59 Å². The van der Waals surface area contributed by atoms with Gasteiger partial charge in [0.1, 0.15) is 6.04 Å². The summed E-state index contributed by atoms with van der Waals surface area (Å²) < 4.78 is 0. The van der Waals surface area contributed by atoms with Crippen molar-refractivity contribution in [1.29, 1.82) is 0 Å². The molecule has 0 fully saturated rings. The number of carbonyl (C=O) groups excluding carboxylic acids is 2. The monoisotopic (exact) mass is 325 g/mol. The Morgan fingerprint density at radius 3 is 2.38 bits per heavy atom. The maximum atomic E-state index is 12.5. The average molecular weight is 325 g/mol. The van der Waals surface area contributed by atoms with Gasteiger partial charge in [-0.05, 0) is 37.6 Å². The number of benzene rings is 2. The lowest BCUT2D eigenvalue weighted by molar-refractivity contribution is -0.125. The molecule has 3 N–H and O–H groups in total. The number of primary amides is 1. The van der Waals surface area contributed by atoms with Crippen LogP contribution < -0.4 is 11.1 Å². The lowest BCUT2D eigenvalue weighted by Gasteiger charge is -2.27. The van der Waals surface area contributed by atoms with Crippen LogP contribution in [0, 0.1) is 13.8 Å². The van der Waals surface area contributed by atoms with Crippen molar-refractivity contribution in [2.24, 2.45) is 5.73 Å². The summed E-state index contributed by atoms with van der Waals surface area (Å²) in [6, 6.07) is 14.1. The van der Waals surface area contributed by atoms with E-state index in [2.05, 4.69) is 30.4 Å². The van der Waals surface area contributed by atoms with Gasteiger partial charge in [0, 0.05) is 6.54 Å². The van der Waals surface area contributed by atoms with E-state index < -0.39 is 18.0 Å². The molecule has 24 heavy (non-hydrogen) atoms. The molecule has 2 aromatic carbocycles. The van der Waals surface area contributed by atoms with Crippen LogP contribution in [0.5, 0.6) is 0 Å². The van der Waals surface area contributed by atoms with Crippen molar-refractivity contribution in [1.82, 2.24) is 10.2 Å². The van der Waals surface area contributed by atoms with Crippen LogP contribution in [-0.2, 0) is 11.3 Å². The highest BCUT2D eigenvalue weighted by Gasteiger charge is 2.26. The molecule has 0 aliphatic rings. The van der Waals surface area contributed by atoms with Crippen molar-refractivity contribution in [2.45, 2.75) is 26.4 Å². The van der Waals surface area contributed by atoms with Gasteiger partial charge in [0.15, 0.2) is 0 Å². The number of imide groups is 1. The van der Waals surface area contributed by atoms with E-state index in [1.807, 2.05) is 49.2 Å². The number of carbonyl (C=O) groups is 2. The van der Waals surface area contributed by atoms with Crippen LogP contribution >= 0.6 is 0 Å². The second kappa shape index (κ2) is 7.75. The lowest BCUT2D eigenvalue weighted by atomic mass is 10.0. The van der Waals surface area contributed by atoms with Gasteiger partial charge in [0.2, 0.25) is 5.91 Å². The number of nitrogens with one attached hydrogen (secondary N) is 1. The molecule has 0 radical (unpaired) electrons. The molecule has 0 aliphatic heterocycles. The molecule has 5 heteroatoms.